The summed E-state index contributed by atoms with van der Waals surface area (Å²) in [5, 5.41) is 9.92. The van der Waals surface area contributed by atoms with Crippen LogP contribution < -0.4 is 5.01 Å². The van der Waals surface area contributed by atoms with Crippen LogP contribution in [-0.2, 0) is 16.2 Å². The molecular weight excluding hydrogens is 793 g/mol. The predicted octanol–water partition coefficient (Wildman–Crippen LogP) is 15.2. The van der Waals surface area contributed by atoms with Gasteiger partial charge in [-0.05, 0) is 98.2 Å². The van der Waals surface area contributed by atoms with E-state index < -0.39 is 0 Å². The molecule has 0 amide bonds. The highest BCUT2D eigenvalue weighted by atomic mass is 16.3. The van der Waals surface area contributed by atoms with Crippen LogP contribution >= 0.6 is 0 Å². The molecule has 65 heavy (non-hydrogen) atoms. The van der Waals surface area contributed by atoms with Crippen molar-refractivity contribution < 1.29 is 4.42 Å². The summed E-state index contributed by atoms with van der Waals surface area (Å²) in [6.45, 7) is 18.1. The van der Waals surface area contributed by atoms with E-state index in [2.05, 4.69) is 199 Å². The van der Waals surface area contributed by atoms with E-state index in [1.807, 2.05) is 24.3 Å². The Labute approximate surface area is 380 Å². The van der Waals surface area contributed by atoms with Gasteiger partial charge in [-0.25, -0.2) is 15.0 Å². The van der Waals surface area contributed by atoms with Crippen LogP contribution in [-0.4, -0.2) is 18.4 Å². The van der Waals surface area contributed by atoms with Crippen molar-refractivity contribution >= 4 is 51.7 Å². The fourth-order valence-electron chi connectivity index (χ4n) is 11.4. The van der Waals surface area contributed by atoms with Crippen LogP contribution in [0.1, 0.15) is 86.1 Å². The predicted molar refractivity (Wildman–Crippen MR) is 270 cm³/mol. The van der Waals surface area contributed by atoms with E-state index in [1.54, 1.807) is 0 Å². The molecule has 0 N–H and O–H groups in total. The van der Waals surface area contributed by atoms with E-state index in [9.17, 15) is 0 Å². The van der Waals surface area contributed by atoms with Gasteiger partial charge in [-0.1, -0.05) is 181 Å². The number of fused-ring (bicyclic) bond motifs is 12. The summed E-state index contributed by atoms with van der Waals surface area (Å²) < 4.78 is 6.53. The summed E-state index contributed by atoms with van der Waals surface area (Å²) in [6.07, 6.45) is 0. The normalized spacial score (nSPS) is 15.8. The fourth-order valence-corrected chi connectivity index (χ4v) is 11.4. The third-order valence-electron chi connectivity index (χ3n) is 14.7. The van der Waals surface area contributed by atoms with Crippen molar-refractivity contribution in [1.82, 2.24) is 0 Å². The number of hydrazone groups is 1. The number of amidine groups is 2. The summed E-state index contributed by atoms with van der Waals surface area (Å²) >= 11 is 0. The zero-order valence-electron chi connectivity index (χ0n) is 37.6. The zero-order valence-corrected chi connectivity index (χ0v) is 37.6. The highest BCUT2D eigenvalue weighted by Crippen LogP contribution is 2.55. The molecule has 1 aromatic heterocycles. The number of para-hydroxylation sites is 1. The first-order valence-electron chi connectivity index (χ1n) is 22.5. The third-order valence-corrected chi connectivity index (χ3v) is 14.7. The molecule has 0 spiro atoms. The van der Waals surface area contributed by atoms with Crippen LogP contribution in [0.15, 0.2) is 189 Å². The Bertz CT molecular complexity index is 3560. The van der Waals surface area contributed by atoms with Crippen molar-refractivity contribution in [3.8, 4) is 33.4 Å². The molecule has 1 heterocycles. The maximum absolute atomic E-state index is 6.53. The lowest BCUT2D eigenvalue weighted by Gasteiger charge is -2.27. The van der Waals surface area contributed by atoms with Crippen molar-refractivity contribution in [3.05, 3.63) is 214 Å². The van der Waals surface area contributed by atoms with Crippen LogP contribution in [0, 0.1) is 0 Å². The molecule has 5 nitrogen and oxygen atoms in total. The number of nitrogens with zero attached hydrogens (tertiary/aromatic N) is 4. The lowest BCUT2D eigenvalue weighted by molar-refractivity contribution is 0.660. The van der Waals surface area contributed by atoms with Gasteiger partial charge in [0.25, 0.3) is 0 Å². The van der Waals surface area contributed by atoms with Gasteiger partial charge in [-0.3, -0.25) is 0 Å². The Hall–Kier alpha value is -7.63. The van der Waals surface area contributed by atoms with Gasteiger partial charge in [0.2, 0.25) is 0 Å². The smallest absolute Gasteiger partial charge is 0.182 e. The van der Waals surface area contributed by atoms with E-state index >= 15 is 0 Å². The minimum absolute atomic E-state index is 0.206. The van der Waals surface area contributed by atoms with Gasteiger partial charge >= 0.3 is 0 Å². The van der Waals surface area contributed by atoms with Crippen LogP contribution in [0.5, 0.6) is 0 Å². The molecule has 3 aliphatic carbocycles. The second kappa shape index (κ2) is 13.9. The zero-order chi connectivity index (χ0) is 44.4. The van der Waals surface area contributed by atoms with Crippen LogP contribution in [0.4, 0.5) is 11.4 Å². The Morgan fingerprint density at radius 2 is 0.985 bits per heavy atom. The number of hydrogen-bond acceptors (Lipinski definition) is 3. The summed E-state index contributed by atoms with van der Waals surface area (Å²) in [6, 6.07) is 60.6. The number of benzene rings is 8. The molecule has 0 unspecified atom stereocenters. The van der Waals surface area contributed by atoms with Gasteiger partial charge in [0.15, 0.2) is 11.7 Å². The SMILES string of the molecule is C=N/C(=N\C(=N/N(c1ccc2c(c1)C(C)(C)c1ccccc1-2)c1cccc2c1-c1ccccc1C2(C)C)c1cccc2oc3ccccc3c12)c1cccc2c1-c1ccccc1C2(C)C. The van der Waals surface area contributed by atoms with Crippen LogP contribution in [0.25, 0.3) is 55.3 Å². The standard InChI is InChI=1S/C60H48N4O/c1-58(2)45-26-13-9-20-39(45)53-42(23-16-28-47(53)58)56(61-7)62-57(43-24-17-32-52-54(43)41-22-11-15-31-51(41)65-52)63-64(36-33-34-38-37-19-8-12-25-44(37)60(5,6)49(38)35-36)50-30-18-29-48-55(50)40-21-10-14-27-46(40)59(48,3)4/h8-35H,7H2,1-6H3/b62-56-,63-57-. The topological polar surface area (TPSA) is 53.5 Å². The highest BCUT2D eigenvalue weighted by Gasteiger charge is 2.40. The maximum atomic E-state index is 6.53. The molecule has 8 aromatic carbocycles. The second-order valence-electron chi connectivity index (χ2n) is 19.3. The van der Waals surface area contributed by atoms with Gasteiger partial charge in [-0.2, -0.15) is 0 Å². The van der Waals surface area contributed by atoms with Crippen molar-refractivity contribution in [2.24, 2.45) is 15.1 Å². The van der Waals surface area contributed by atoms with Crippen molar-refractivity contribution in [2.45, 2.75) is 57.8 Å². The quantitative estimate of drug-likeness (QED) is 0.0985. The number of hydrogen-bond donors (Lipinski definition) is 0. The maximum Gasteiger partial charge on any atom is 0.182 e. The van der Waals surface area contributed by atoms with E-state index in [0.717, 1.165) is 55.6 Å². The Morgan fingerprint density at radius 1 is 0.462 bits per heavy atom. The molecule has 0 saturated heterocycles. The summed E-state index contributed by atoms with van der Waals surface area (Å²) in [5.74, 6) is 0.979. The van der Waals surface area contributed by atoms with E-state index in [-0.39, 0.29) is 16.2 Å². The molecule has 3 aliphatic rings. The van der Waals surface area contributed by atoms with E-state index in [4.69, 9.17) is 19.5 Å². The second-order valence-corrected chi connectivity index (χ2v) is 19.3. The van der Waals surface area contributed by atoms with Gasteiger partial charge < -0.3 is 4.42 Å². The Balaban J connectivity index is 1.17. The molecule has 0 aliphatic heterocycles. The Kier molecular flexibility index (Phi) is 8.36. The van der Waals surface area contributed by atoms with Gasteiger partial charge in [-0.15, -0.1) is 5.10 Å². The van der Waals surface area contributed by atoms with Crippen molar-refractivity contribution in [3.63, 3.8) is 0 Å². The number of anilines is 2. The number of furan rings is 1. The van der Waals surface area contributed by atoms with Crippen LogP contribution in [0.3, 0.4) is 0 Å². The minimum atomic E-state index is -0.232. The Morgan fingerprint density at radius 3 is 1.71 bits per heavy atom. The molecule has 0 atom stereocenters. The lowest BCUT2D eigenvalue weighted by atomic mass is 9.82. The molecule has 5 heteroatoms. The molecule has 0 bridgehead atoms. The largest absolute Gasteiger partial charge is 0.456 e. The molecule has 12 rings (SSSR count). The van der Waals surface area contributed by atoms with E-state index in [1.165, 1.54) is 55.6 Å². The first-order chi connectivity index (χ1) is 31.5. The van der Waals surface area contributed by atoms with Gasteiger partial charge in [0, 0.05) is 43.7 Å². The molecule has 314 valence electrons. The molecule has 0 radical (unpaired) electrons. The van der Waals surface area contributed by atoms with Crippen molar-refractivity contribution in [2.75, 3.05) is 5.01 Å². The van der Waals surface area contributed by atoms with Crippen LogP contribution in [0.2, 0.25) is 0 Å². The monoisotopic (exact) mass is 840 g/mol. The first-order valence-corrected chi connectivity index (χ1v) is 22.5. The highest BCUT2D eigenvalue weighted by molar-refractivity contribution is 6.22. The number of aliphatic imine (C=N–C) groups is 2. The van der Waals surface area contributed by atoms with Gasteiger partial charge in [0.05, 0.1) is 11.4 Å². The molecule has 9 aromatic rings. The summed E-state index contributed by atoms with van der Waals surface area (Å²) in [5.41, 5.74) is 19.4. The van der Waals surface area contributed by atoms with Gasteiger partial charge in [0.1, 0.15) is 11.2 Å². The summed E-state index contributed by atoms with van der Waals surface area (Å²) in [7, 11) is 0. The minimum Gasteiger partial charge on any atom is -0.456 e. The number of rotatable bonds is 5. The van der Waals surface area contributed by atoms with E-state index in [0.29, 0.717) is 11.7 Å². The fraction of sp³-hybridized carbons (Fsp3) is 0.150. The molecular formula is C60H48N4O. The average molecular weight is 841 g/mol. The van der Waals surface area contributed by atoms with Crippen molar-refractivity contribution in [1.29, 1.82) is 0 Å². The summed E-state index contributed by atoms with van der Waals surface area (Å²) in [4.78, 5) is 10.4. The average Bonchev–Trinajstić information content (AvgIpc) is 3.98. The first kappa shape index (κ1) is 39.0. The molecule has 0 fully saturated rings. The molecule has 0 saturated carbocycles. The third kappa shape index (κ3) is 5.54. The lowest BCUT2D eigenvalue weighted by Crippen LogP contribution is -2.19.